The smallest absolute Gasteiger partial charge is 0.230 e. The highest BCUT2D eigenvalue weighted by atomic mass is 32.2. The molecule has 0 fully saturated rings. The molecule has 136 valence electrons. The van der Waals surface area contributed by atoms with Crippen LogP contribution in [0.15, 0.2) is 66.2 Å². The van der Waals surface area contributed by atoms with Crippen molar-refractivity contribution in [2.45, 2.75) is 18.6 Å². The highest BCUT2D eigenvalue weighted by molar-refractivity contribution is 7.99. The number of pyridine rings is 1. The van der Waals surface area contributed by atoms with E-state index in [1.807, 2.05) is 57.8 Å². The normalized spacial score (nSPS) is 11.0. The quantitative estimate of drug-likeness (QED) is 0.522. The van der Waals surface area contributed by atoms with Crippen molar-refractivity contribution >= 4 is 23.3 Å². The average molecular weight is 378 g/mol. The maximum Gasteiger partial charge on any atom is 0.230 e. The number of fused-ring (bicyclic) bond motifs is 1. The zero-order chi connectivity index (χ0) is 18.6. The molecule has 4 rings (SSSR count). The number of imidazole rings is 1. The Kier molecular flexibility index (Phi) is 4.88. The van der Waals surface area contributed by atoms with Crippen LogP contribution in [0, 0.1) is 6.92 Å². The number of benzene rings is 1. The lowest BCUT2D eigenvalue weighted by molar-refractivity contribution is -0.118. The summed E-state index contributed by atoms with van der Waals surface area (Å²) in [7, 11) is 0. The molecule has 3 heterocycles. The number of aryl methyl sites for hydroxylation is 1. The largest absolute Gasteiger partial charge is 0.348 e. The van der Waals surface area contributed by atoms with Gasteiger partial charge in [0.25, 0.3) is 0 Å². The second kappa shape index (κ2) is 7.63. The monoisotopic (exact) mass is 378 g/mol. The summed E-state index contributed by atoms with van der Waals surface area (Å²) in [5.41, 5.74) is 2.98. The molecule has 0 unspecified atom stereocenters. The highest BCUT2D eigenvalue weighted by Crippen LogP contribution is 2.22. The molecule has 4 aromatic rings. The number of nitrogens with one attached hydrogen (secondary N) is 1. The molecule has 0 radical (unpaired) electrons. The fourth-order valence-corrected chi connectivity index (χ4v) is 3.58. The topological polar surface area (TPSA) is 77.1 Å². The van der Waals surface area contributed by atoms with Crippen LogP contribution in [0.1, 0.15) is 11.4 Å². The molecule has 0 bridgehead atoms. The van der Waals surface area contributed by atoms with E-state index < -0.39 is 0 Å². The maximum absolute atomic E-state index is 12.3. The second-order valence-electron chi connectivity index (χ2n) is 5.98. The van der Waals surface area contributed by atoms with E-state index in [0.717, 1.165) is 22.1 Å². The standard InChI is InChI=1S/C19H18N6OS/c1-14-6-2-3-7-15(14)24-11-9-20-19(24)27-13-18(26)21-12-17-23-22-16-8-4-5-10-25(16)17/h2-11H,12-13H2,1H3,(H,21,26). The first-order chi connectivity index (χ1) is 13.2. The summed E-state index contributed by atoms with van der Waals surface area (Å²) in [6.07, 6.45) is 5.53. The average Bonchev–Trinajstić information content (AvgIpc) is 3.32. The third-order valence-corrected chi connectivity index (χ3v) is 5.11. The molecule has 0 spiro atoms. The molecule has 0 aliphatic carbocycles. The van der Waals surface area contributed by atoms with E-state index >= 15 is 0 Å². The molecule has 8 heteroatoms. The van der Waals surface area contributed by atoms with Gasteiger partial charge in [-0.3, -0.25) is 13.8 Å². The van der Waals surface area contributed by atoms with Crippen molar-refractivity contribution in [2.24, 2.45) is 0 Å². The molecule has 0 aliphatic heterocycles. The number of carbonyl (C=O) groups excluding carboxylic acids is 1. The van der Waals surface area contributed by atoms with Gasteiger partial charge in [0.1, 0.15) is 0 Å². The molecule has 1 aromatic carbocycles. The molecule has 7 nitrogen and oxygen atoms in total. The zero-order valence-corrected chi connectivity index (χ0v) is 15.6. The van der Waals surface area contributed by atoms with E-state index in [9.17, 15) is 4.79 Å². The number of para-hydroxylation sites is 1. The second-order valence-corrected chi connectivity index (χ2v) is 6.92. The summed E-state index contributed by atoms with van der Waals surface area (Å²) in [5, 5.41) is 11.9. The number of carbonyl (C=O) groups is 1. The summed E-state index contributed by atoms with van der Waals surface area (Å²) in [5.74, 6) is 0.900. The predicted molar refractivity (Wildman–Crippen MR) is 104 cm³/mol. The Morgan fingerprint density at radius 3 is 2.85 bits per heavy atom. The Hall–Kier alpha value is -3.13. The minimum atomic E-state index is -0.0768. The van der Waals surface area contributed by atoms with Gasteiger partial charge in [0, 0.05) is 18.6 Å². The molecule has 0 aliphatic rings. The van der Waals surface area contributed by atoms with Crippen LogP contribution in [0.25, 0.3) is 11.3 Å². The molecule has 0 atom stereocenters. The fourth-order valence-electron chi connectivity index (χ4n) is 2.78. The van der Waals surface area contributed by atoms with Crippen molar-refractivity contribution in [3.8, 4) is 5.69 Å². The number of hydrogen-bond donors (Lipinski definition) is 1. The lowest BCUT2D eigenvalue weighted by Crippen LogP contribution is -2.25. The highest BCUT2D eigenvalue weighted by Gasteiger charge is 2.11. The first-order valence-corrected chi connectivity index (χ1v) is 9.48. The first kappa shape index (κ1) is 17.3. The van der Waals surface area contributed by atoms with Crippen molar-refractivity contribution in [3.63, 3.8) is 0 Å². The first-order valence-electron chi connectivity index (χ1n) is 8.50. The van der Waals surface area contributed by atoms with E-state index in [-0.39, 0.29) is 11.7 Å². The number of aromatic nitrogens is 5. The van der Waals surface area contributed by atoms with Crippen molar-refractivity contribution in [1.29, 1.82) is 0 Å². The molecular weight excluding hydrogens is 360 g/mol. The van der Waals surface area contributed by atoms with Crippen LogP contribution in [0.2, 0.25) is 0 Å². The van der Waals surface area contributed by atoms with Crippen molar-refractivity contribution in [2.75, 3.05) is 5.75 Å². The number of rotatable bonds is 6. The number of amides is 1. The van der Waals surface area contributed by atoms with E-state index in [0.29, 0.717) is 12.4 Å². The summed E-state index contributed by atoms with van der Waals surface area (Å²) >= 11 is 1.40. The molecule has 0 saturated carbocycles. The van der Waals surface area contributed by atoms with Crippen LogP contribution in [-0.2, 0) is 11.3 Å². The Morgan fingerprint density at radius 1 is 1.11 bits per heavy atom. The van der Waals surface area contributed by atoms with E-state index in [4.69, 9.17) is 0 Å². The van der Waals surface area contributed by atoms with E-state index in [1.165, 1.54) is 11.8 Å². The van der Waals surface area contributed by atoms with Gasteiger partial charge >= 0.3 is 0 Å². The zero-order valence-electron chi connectivity index (χ0n) is 14.7. The molecule has 27 heavy (non-hydrogen) atoms. The number of thioether (sulfide) groups is 1. The predicted octanol–water partition coefficient (Wildman–Crippen LogP) is 2.63. The van der Waals surface area contributed by atoms with Gasteiger partial charge in [-0.1, -0.05) is 36.0 Å². The molecule has 1 N–H and O–H groups in total. The fraction of sp³-hybridized carbons (Fsp3) is 0.158. The van der Waals surface area contributed by atoms with Crippen molar-refractivity contribution in [3.05, 3.63) is 72.4 Å². The van der Waals surface area contributed by atoms with Gasteiger partial charge in [-0.2, -0.15) is 0 Å². The third-order valence-electron chi connectivity index (χ3n) is 4.14. The van der Waals surface area contributed by atoms with Gasteiger partial charge in [0.2, 0.25) is 5.91 Å². The van der Waals surface area contributed by atoms with E-state index in [1.54, 1.807) is 6.20 Å². The summed E-state index contributed by atoms with van der Waals surface area (Å²) < 4.78 is 3.86. The van der Waals surface area contributed by atoms with Crippen LogP contribution in [-0.4, -0.2) is 35.8 Å². The van der Waals surface area contributed by atoms with Gasteiger partial charge < -0.3 is 5.32 Å². The van der Waals surface area contributed by atoms with E-state index in [2.05, 4.69) is 33.5 Å². The van der Waals surface area contributed by atoms with Crippen LogP contribution in [0.3, 0.4) is 0 Å². The number of nitrogens with zero attached hydrogens (tertiary/aromatic N) is 5. The minimum absolute atomic E-state index is 0.0768. The molecule has 1 amide bonds. The van der Waals surface area contributed by atoms with Crippen LogP contribution < -0.4 is 5.32 Å². The Labute approximate surface area is 160 Å². The van der Waals surface area contributed by atoms with Crippen LogP contribution in [0.4, 0.5) is 0 Å². The van der Waals surface area contributed by atoms with Gasteiger partial charge in [-0.05, 0) is 30.7 Å². The van der Waals surface area contributed by atoms with Crippen LogP contribution in [0.5, 0.6) is 0 Å². The van der Waals surface area contributed by atoms with Crippen molar-refractivity contribution in [1.82, 2.24) is 29.5 Å². The molecular formula is C19H18N6OS. The summed E-state index contributed by atoms with van der Waals surface area (Å²) in [6.45, 7) is 2.39. The Bertz CT molecular complexity index is 1090. The summed E-state index contributed by atoms with van der Waals surface area (Å²) in [4.78, 5) is 16.6. The number of hydrogen-bond acceptors (Lipinski definition) is 5. The van der Waals surface area contributed by atoms with Gasteiger partial charge in [-0.25, -0.2) is 4.98 Å². The Morgan fingerprint density at radius 2 is 1.96 bits per heavy atom. The maximum atomic E-state index is 12.3. The minimum Gasteiger partial charge on any atom is -0.348 e. The van der Waals surface area contributed by atoms with Crippen LogP contribution >= 0.6 is 11.8 Å². The third kappa shape index (κ3) is 3.70. The Balaban J connectivity index is 1.38. The van der Waals surface area contributed by atoms with Gasteiger partial charge in [-0.15, -0.1) is 10.2 Å². The molecule has 0 saturated heterocycles. The van der Waals surface area contributed by atoms with Gasteiger partial charge in [0.15, 0.2) is 16.6 Å². The SMILES string of the molecule is Cc1ccccc1-n1ccnc1SCC(=O)NCc1nnc2ccccn12. The lowest BCUT2D eigenvalue weighted by atomic mass is 10.2. The van der Waals surface area contributed by atoms with Crippen molar-refractivity contribution < 1.29 is 4.79 Å². The lowest BCUT2D eigenvalue weighted by Gasteiger charge is -2.10. The summed E-state index contributed by atoms with van der Waals surface area (Å²) in [6, 6.07) is 13.8. The molecule has 3 aromatic heterocycles. The van der Waals surface area contributed by atoms with Gasteiger partial charge in [0.05, 0.1) is 18.0 Å².